The Labute approximate surface area is 375 Å². The van der Waals surface area contributed by atoms with Gasteiger partial charge >= 0.3 is 0 Å². The van der Waals surface area contributed by atoms with Crippen molar-refractivity contribution in [1.82, 2.24) is 24.9 Å². The molecule has 12 aromatic rings. The summed E-state index contributed by atoms with van der Waals surface area (Å²) in [5, 5.41) is 4.42. The fraction of sp³-hybridized carbons (Fsp3) is 0. The van der Waals surface area contributed by atoms with Crippen LogP contribution in [0.4, 0.5) is 0 Å². The Morgan fingerprint density at radius 3 is 1.34 bits per heavy atom. The summed E-state index contributed by atoms with van der Waals surface area (Å²) < 4.78 is 6.59. The van der Waals surface area contributed by atoms with Crippen molar-refractivity contribution in [3.05, 3.63) is 224 Å². The van der Waals surface area contributed by atoms with Gasteiger partial charge in [0.05, 0.1) is 11.4 Å². The summed E-state index contributed by atoms with van der Waals surface area (Å²) in [7, 11) is 0. The predicted octanol–water partition coefficient (Wildman–Crippen LogP) is 15.1. The van der Waals surface area contributed by atoms with E-state index in [1.165, 1.54) is 0 Å². The molecule has 0 aliphatic carbocycles. The van der Waals surface area contributed by atoms with Crippen LogP contribution in [0.25, 0.3) is 123 Å². The summed E-state index contributed by atoms with van der Waals surface area (Å²) in [6.45, 7) is 0. The number of fused-ring (bicyclic) bond motifs is 5. The smallest absolute Gasteiger partial charge is 0.164 e. The van der Waals surface area contributed by atoms with Crippen molar-refractivity contribution in [2.75, 3.05) is 0 Å². The molecule has 0 fully saturated rings. The highest BCUT2D eigenvalue weighted by atomic mass is 16.3. The first-order valence-electron chi connectivity index (χ1n) is 21.6. The molecule has 3 aromatic heterocycles. The van der Waals surface area contributed by atoms with Crippen molar-refractivity contribution >= 4 is 32.7 Å². The lowest BCUT2D eigenvalue weighted by Gasteiger charge is -2.12. The molecule has 3 heterocycles. The van der Waals surface area contributed by atoms with Crippen LogP contribution in [0.2, 0.25) is 0 Å². The summed E-state index contributed by atoms with van der Waals surface area (Å²) >= 11 is 0. The van der Waals surface area contributed by atoms with Gasteiger partial charge < -0.3 is 4.42 Å². The zero-order valence-corrected chi connectivity index (χ0v) is 35.0. The average Bonchev–Trinajstić information content (AvgIpc) is 3.78. The molecule has 0 saturated heterocycles. The lowest BCUT2D eigenvalue weighted by molar-refractivity contribution is 0.673. The number of nitrogens with zero attached hydrogens (tertiary/aromatic N) is 5. The third-order valence-corrected chi connectivity index (χ3v) is 11.9. The molecule has 0 aliphatic rings. The maximum atomic E-state index is 6.59. The summed E-state index contributed by atoms with van der Waals surface area (Å²) in [5.41, 5.74) is 13.3. The molecule has 0 amide bonds. The molecule has 12 rings (SSSR count). The minimum atomic E-state index is 0.599. The Bertz CT molecular complexity index is 3700. The van der Waals surface area contributed by atoms with Gasteiger partial charge in [0.25, 0.3) is 0 Å². The molecule has 9 aromatic carbocycles. The van der Waals surface area contributed by atoms with Crippen molar-refractivity contribution < 1.29 is 4.42 Å². The molecule has 0 saturated carbocycles. The van der Waals surface area contributed by atoms with Gasteiger partial charge in [0, 0.05) is 49.5 Å². The first kappa shape index (κ1) is 37.9. The number of furan rings is 1. The minimum absolute atomic E-state index is 0.599. The van der Waals surface area contributed by atoms with Gasteiger partial charge in [0.15, 0.2) is 23.3 Å². The Balaban J connectivity index is 0.926. The Kier molecular flexibility index (Phi) is 9.38. The summed E-state index contributed by atoms with van der Waals surface area (Å²) in [6, 6.07) is 77.0. The average molecular weight is 832 g/mol. The second-order valence-corrected chi connectivity index (χ2v) is 16.1. The standard InChI is InChI=1S/C59H37N5O/c1-4-14-38(15-5-1)39-26-28-43(29-27-39)58-62-57(42-19-8-3-9-20-42)63-59(64-58)48-24-13-22-45(35-48)44-21-12-23-46(34-44)52-37-53(61-56(60-52)41-17-6-2-7-18-41)47-31-32-50-51-33-30-40-16-10-11-25-49(40)55(51)65-54(50)36-47/h1-37H. The van der Waals surface area contributed by atoms with Crippen LogP contribution in [0.3, 0.4) is 0 Å². The van der Waals surface area contributed by atoms with E-state index >= 15 is 0 Å². The van der Waals surface area contributed by atoms with Gasteiger partial charge in [-0.15, -0.1) is 0 Å². The minimum Gasteiger partial charge on any atom is -0.455 e. The van der Waals surface area contributed by atoms with Crippen molar-refractivity contribution in [1.29, 1.82) is 0 Å². The van der Waals surface area contributed by atoms with Crippen molar-refractivity contribution in [3.63, 3.8) is 0 Å². The van der Waals surface area contributed by atoms with Crippen LogP contribution in [0.15, 0.2) is 229 Å². The zero-order chi connectivity index (χ0) is 43.1. The molecule has 0 unspecified atom stereocenters. The van der Waals surface area contributed by atoms with Gasteiger partial charge in [-0.2, -0.15) is 0 Å². The van der Waals surface area contributed by atoms with Crippen LogP contribution in [0, 0.1) is 0 Å². The monoisotopic (exact) mass is 831 g/mol. The van der Waals surface area contributed by atoms with Crippen molar-refractivity contribution in [2.45, 2.75) is 0 Å². The quantitative estimate of drug-likeness (QED) is 0.152. The van der Waals surface area contributed by atoms with E-state index in [0.29, 0.717) is 23.3 Å². The van der Waals surface area contributed by atoms with E-state index in [1.807, 2.05) is 66.7 Å². The molecule has 6 heteroatoms. The summed E-state index contributed by atoms with van der Waals surface area (Å²) in [6.07, 6.45) is 0. The molecule has 0 bridgehead atoms. The Hall–Kier alpha value is -8.87. The van der Waals surface area contributed by atoms with Crippen LogP contribution >= 0.6 is 0 Å². The van der Waals surface area contributed by atoms with E-state index in [2.05, 4.69) is 158 Å². The molecule has 0 spiro atoms. The van der Waals surface area contributed by atoms with Crippen LogP contribution in [0.5, 0.6) is 0 Å². The highest BCUT2D eigenvalue weighted by molar-refractivity contribution is 6.15. The van der Waals surface area contributed by atoms with E-state index in [9.17, 15) is 0 Å². The van der Waals surface area contributed by atoms with Gasteiger partial charge in [0.1, 0.15) is 11.2 Å². The van der Waals surface area contributed by atoms with E-state index in [0.717, 1.165) is 99.7 Å². The topological polar surface area (TPSA) is 77.6 Å². The number of aromatic nitrogens is 5. The summed E-state index contributed by atoms with van der Waals surface area (Å²) in [5.74, 6) is 2.48. The first-order valence-corrected chi connectivity index (χ1v) is 21.6. The van der Waals surface area contributed by atoms with Crippen LogP contribution in [0.1, 0.15) is 0 Å². The fourth-order valence-electron chi connectivity index (χ4n) is 8.61. The predicted molar refractivity (Wildman–Crippen MR) is 264 cm³/mol. The second kappa shape index (κ2) is 16.1. The first-order chi connectivity index (χ1) is 32.2. The lowest BCUT2D eigenvalue weighted by atomic mass is 9.98. The SMILES string of the molecule is c1ccc(-c2ccc(-c3nc(-c4ccccc4)nc(-c4cccc(-c5cccc(-c6cc(-c7ccc8c(c7)oc7c9ccccc9ccc87)nc(-c7ccccc7)n6)c5)c4)n3)cc2)cc1. The molecule has 65 heavy (non-hydrogen) atoms. The number of hydrogen-bond donors (Lipinski definition) is 0. The molecular formula is C59H37N5O. The van der Waals surface area contributed by atoms with E-state index < -0.39 is 0 Å². The normalized spacial score (nSPS) is 11.4. The third kappa shape index (κ3) is 7.29. The zero-order valence-electron chi connectivity index (χ0n) is 35.0. The van der Waals surface area contributed by atoms with Crippen LogP contribution in [-0.2, 0) is 0 Å². The maximum absolute atomic E-state index is 6.59. The van der Waals surface area contributed by atoms with E-state index in [-0.39, 0.29) is 0 Å². The third-order valence-electron chi connectivity index (χ3n) is 11.9. The van der Waals surface area contributed by atoms with Crippen molar-refractivity contribution in [3.8, 4) is 90.3 Å². The number of hydrogen-bond acceptors (Lipinski definition) is 6. The molecule has 304 valence electrons. The highest BCUT2D eigenvalue weighted by Crippen LogP contribution is 2.38. The van der Waals surface area contributed by atoms with Crippen LogP contribution in [-0.4, -0.2) is 24.9 Å². The van der Waals surface area contributed by atoms with E-state index in [1.54, 1.807) is 0 Å². The van der Waals surface area contributed by atoms with Gasteiger partial charge in [-0.1, -0.05) is 188 Å². The molecule has 0 aliphatic heterocycles. The van der Waals surface area contributed by atoms with Gasteiger partial charge in [0.2, 0.25) is 0 Å². The van der Waals surface area contributed by atoms with Gasteiger partial charge in [-0.3, -0.25) is 0 Å². The Morgan fingerprint density at radius 2 is 0.677 bits per heavy atom. The molecule has 0 N–H and O–H groups in total. The molecule has 6 nitrogen and oxygen atoms in total. The molecule has 0 atom stereocenters. The molecule has 0 radical (unpaired) electrons. The number of rotatable bonds is 8. The summed E-state index contributed by atoms with van der Waals surface area (Å²) in [4.78, 5) is 25.4. The Morgan fingerprint density at radius 1 is 0.246 bits per heavy atom. The highest BCUT2D eigenvalue weighted by Gasteiger charge is 2.17. The fourth-order valence-corrected chi connectivity index (χ4v) is 8.61. The van der Waals surface area contributed by atoms with Gasteiger partial charge in [-0.05, 0) is 64.0 Å². The lowest BCUT2D eigenvalue weighted by Crippen LogP contribution is -2.00. The number of benzene rings is 9. The molecular weight excluding hydrogens is 795 g/mol. The second-order valence-electron chi connectivity index (χ2n) is 16.1. The van der Waals surface area contributed by atoms with Crippen molar-refractivity contribution in [2.24, 2.45) is 0 Å². The van der Waals surface area contributed by atoms with E-state index in [4.69, 9.17) is 29.3 Å². The van der Waals surface area contributed by atoms with Gasteiger partial charge in [-0.25, -0.2) is 24.9 Å². The maximum Gasteiger partial charge on any atom is 0.164 e. The van der Waals surface area contributed by atoms with Crippen LogP contribution < -0.4 is 0 Å². The largest absolute Gasteiger partial charge is 0.455 e.